The van der Waals surface area contributed by atoms with Crippen LogP contribution in [0.4, 0.5) is 13.2 Å². The molecule has 0 bridgehead atoms. The number of nitrogens with two attached hydrogens (primary N) is 1. The van der Waals surface area contributed by atoms with E-state index < -0.39 is 33.3 Å². The van der Waals surface area contributed by atoms with Crippen LogP contribution < -0.4 is 5.73 Å². The lowest BCUT2D eigenvalue weighted by atomic mass is 9.95. The van der Waals surface area contributed by atoms with Crippen LogP contribution in [0, 0.1) is 0 Å². The molecule has 0 radical (unpaired) electrons. The number of aliphatic hydroxyl groups is 1. The van der Waals surface area contributed by atoms with E-state index in [9.17, 15) is 31.5 Å². The molecule has 1 saturated carbocycles. The second-order valence-corrected chi connectivity index (χ2v) is 11.3. The van der Waals surface area contributed by atoms with E-state index in [1.54, 1.807) is 12.3 Å². The molecule has 1 aromatic heterocycles. The van der Waals surface area contributed by atoms with Crippen LogP contribution in [0.3, 0.4) is 0 Å². The molecule has 12 heteroatoms. The Bertz CT molecular complexity index is 1200. The van der Waals surface area contributed by atoms with Crippen molar-refractivity contribution in [1.82, 2.24) is 14.2 Å². The Balaban J connectivity index is 1.40. The molecule has 0 unspecified atom stereocenters. The standard InChI is InChI=1S/C23H27F3N4O4S/c1-21(32,23(24,25)26)16-2-4-18(5-3-16)35(33,34)30-12-10-29(11-13-30)15-22(7-8-22)17-6-9-28-19(14-17)20(27)31/h2-6,9,14,32H,7-8,10-13,15H2,1H3,(H2,27,31)/t21-/m0/s1. The summed E-state index contributed by atoms with van der Waals surface area (Å²) in [5.74, 6) is -0.587. The van der Waals surface area contributed by atoms with Gasteiger partial charge in [0.05, 0.1) is 4.90 Å². The number of alkyl halides is 3. The van der Waals surface area contributed by atoms with Crippen LogP contribution in [-0.2, 0) is 21.0 Å². The van der Waals surface area contributed by atoms with E-state index in [4.69, 9.17) is 5.73 Å². The molecule has 1 amide bonds. The number of hydrogen-bond donors (Lipinski definition) is 2. The van der Waals surface area contributed by atoms with Crippen molar-refractivity contribution in [2.75, 3.05) is 32.7 Å². The number of rotatable bonds is 7. The van der Waals surface area contributed by atoms with Gasteiger partial charge < -0.3 is 10.8 Å². The molecule has 190 valence electrons. The lowest BCUT2D eigenvalue weighted by Gasteiger charge is -2.36. The first-order valence-corrected chi connectivity index (χ1v) is 12.6. The maximum atomic E-state index is 13.1. The summed E-state index contributed by atoms with van der Waals surface area (Å²) < 4.78 is 66.6. The zero-order valence-corrected chi connectivity index (χ0v) is 19.9. The van der Waals surface area contributed by atoms with Crippen molar-refractivity contribution in [1.29, 1.82) is 0 Å². The Morgan fingerprint density at radius 1 is 1.11 bits per heavy atom. The second-order valence-electron chi connectivity index (χ2n) is 9.35. The monoisotopic (exact) mass is 512 g/mol. The van der Waals surface area contributed by atoms with Crippen LogP contribution in [0.5, 0.6) is 0 Å². The highest BCUT2D eigenvalue weighted by molar-refractivity contribution is 7.89. The van der Waals surface area contributed by atoms with E-state index in [1.807, 2.05) is 6.07 Å². The molecule has 1 aliphatic heterocycles. The van der Waals surface area contributed by atoms with Crippen molar-refractivity contribution in [3.63, 3.8) is 0 Å². The maximum Gasteiger partial charge on any atom is 0.421 e. The zero-order chi connectivity index (χ0) is 25.6. The van der Waals surface area contributed by atoms with Gasteiger partial charge in [-0.15, -0.1) is 0 Å². The molecule has 1 saturated heterocycles. The fraction of sp³-hybridized carbons (Fsp3) is 0.478. The van der Waals surface area contributed by atoms with E-state index in [0.29, 0.717) is 26.6 Å². The largest absolute Gasteiger partial charge is 0.421 e. The van der Waals surface area contributed by atoms with E-state index >= 15 is 0 Å². The van der Waals surface area contributed by atoms with Crippen molar-refractivity contribution in [2.24, 2.45) is 5.73 Å². The maximum absolute atomic E-state index is 13.1. The fourth-order valence-corrected chi connectivity index (χ4v) is 5.83. The first-order chi connectivity index (χ1) is 16.3. The molecule has 8 nitrogen and oxygen atoms in total. The zero-order valence-electron chi connectivity index (χ0n) is 19.1. The van der Waals surface area contributed by atoms with E-state index in [-0.39, 0.29) is 29.1 Å². The van der Waals surface area contributed by atoms with Gasteiger partial charge in [0.15, 0.2) is 5.60 Å². The molecule has 2 aromatic rings. The van der Waals surface area contributed by atoms with Gasteiger partial charge in [0.1, 0.15) is 5.69 Å². The molecule has 0 spiro atoms. The number of aromatic nitrogens is 1. The summed E-state index contributed by atoms with van der Waals surface area (Å²) in [7, 11) is -3.89. The quantitative estimate of drug-likeness (QED) is 0.586. The number of piperazine rings is 1. The average molecular weight is 513 g/mol. The molecular formula is C23H27F3N4O4S. The number of sulfonamides is 1. The molecule has 1 aromatic carbocycles. The minimum atomic E-state index is -4.89. The van der Waals surface area contributed by atoms with Crippen LogP contribution in [0.2, 0.25) is 0 Å². The number of hydrogen-bond acceptors (Lipinski definition) is 6. The van der Waals surface area contributed by atoms with Crippen LogP contribution in [0.1, 0.15) is 41.4 Å². The van der Waals surface area contributed by atoms with E-state index in [1.165, 1.54) is 4.31 Å². The molecule has 3 N–H and O–H groups in total. The number of carbonyl (C=O) groups is 1. The summed E-state index contributed by atoms with van der Waals surface area (Å²) in [6, 6.07) is 7.76. The highest BCUT2D eigenvalue weighted by atomic mass is 32.2. The summed E-state index contributed by atoms with van der Waals surface area (Å²) in [5, 5.41) is 9.80. The first kappa shape index (κ1) is 25.5. The van der Waals surface area contributed by atoms with Crippen molar-refractivity contribution in [3.05, 3.63) is 59.4 Å². The average Bonchev–Trinajstić information content (AvgIpc) is 3.59. The van der Waals surface area contributed by atoms with Crippen molar-refractivity contribution in [2.45, 2.75) is 41.9 Å². The van der Waals surface area contributed by atoms with Crippen LogP contribution in [0.25, 0.3) is 0 Å². The summed E-state index contributed by atoms with van der Waals surface area (Å²) in [6.45, 7) is 2.81. The Morgan fingerprint density at radius 2 is 1.71 bits per heavy atom. The highest BCUT2D eigenvalue weighted by Gasteiger charge is 2.51. The Kier molecular flexibility index (Phi) is 6.45. The van der Waals surface area contributed by atoms with Gasteiger partial charge in [0.25, 0.3) is 5.91 Å². The predicted octanol–water partition coefficient (Wildman–Crippen LogP) is 1.99. The minimum absolute atomic E-state index is 0.112. The molecule has 4 rings (SSSR count). The molecule has 2 heterocycles. The minimum Gasteiger partial charge on any atom is -0.376 e. The Morgan fingerprint density at radius 3 is 2.23 bits per heavy atom. The van der Waals surface area contributed by atoms with Gasteiger partial charge in [-0.1, -0.05) is 12.1 Å². The lowest BCUT2D eigenvalue weighted by molar-refractivity contribution is -0.258. The smallest absolute Gasteiger partial charge is 0.376 e. The molecule has 1 atom stereocenters. The van der Waals surface area contributed by atoms with Gasteiger partial charge in [-0.25, -0.2) is 8.42 Å². The van der Waals surface area contributed by atoms with E-state index in [2.05, 4.69) is 9.88 Å². The third kappa shape index (κ3) is 4.92. The van der Waals surface area contributed by atoms with Crippen molar-refractivity contribution >= 4 is 15.9 Å². The summed E-state index contributed by atoms with van der Waals surface area (Å²) >= 11 is 0. The molecule has 2 aliphatic rings. The Hall–Kier alpha value is -2.54. The normalized spacial score (nSPS) is 20.8. The molecule has 1 aliphatic carbocycles. The first-order valence-electron chi connectivity index (χ1n) is 11.1. The number of amides is 1. The summed E-state index contributed by atoms with van der Waals surface area (Å²) in [5.41, 5.74) is 2.93. The number of benzene rings is 1. The molecule has 2 fully saturated rings. The molecule has 35 heavy (non-hydrogen) atoms. The number of nitrogens with zero attached hydrogens (tertiary/aromatic N) is 3. The van der Waals surface area contributed by atoms with Gasteiger partial charge in [0.2, 0.25) is 10.0 Å². The van der Waals surface area contributed by atoms with E-state index in [0.717, 1.165) is 42.7 Å². The van der Waals surface area contributed by atoms with Crippen molar-refractivity contribution < 1.29 is 31.5 Å². The van der Waals surface area contributed by atoms with Gasteiger partial charge in [-0.05, 0) is 55.2 Å². The fourth-order valence-electron chi connectivity index (χ4n) is 4.40. The van der Waals surface area contributed by atoms with Gasteiger partial charge in [-0.3, -0.25) is 14.7 Å². The predicted molar refractivity (Wildman–Crippen MR) is 121 cm³/mol. The Labute approximate surface area is 201 Å². The molecular weight excluding hydrogens is 485 g/mol. The van der Waals surface area contributed by atoms with Gasteiger partial charge in [0, 0.05) is 44.3 Å². The number of pyridine rings is 1. The number of halogens is 3. The highest BCUT2D eigenvalue weighted by Crippen LogP contribution is 2.49. The SMILES string of the molecule is C[C@](O)(c1ccc(S(=O)(=O)N2CCN(CC3(c4ccnc(C(N)=O)c4)CC3)CC2)cc1)C(F)(F)F. The summed E-state index contributed by atoms with van der Waals surface area (Å²) in [4.78, 5) is 17.5. The van der Waals surface area contributed by atoms with Crippen LogP contribution >= 0.6 is 0 Å². The second kappa shape index (κ2) is 8.84. The third-order valence-electron chi connectivity index (χ3n) is 6.94. The topological polar surface area (TPSA) is 117 Å². The third-order valence-corrected chi connectivity index (χ3v) is 8.85. The van der Waals surface area contributed by atoms with Crippen LogP contribution in [-0.4, -0.2) is 72.5 Å². The lowest BCUT2D eigenvalue weighted by Crippen LogP contribution is -2.50. The summed E-state index contributed by atoms with van der Waals surface area (Å²) in [6.07, 6.45) is -1.43. The van der Waals surface area contributed by atoms with Gasteiger partial charge >= 0.3 is 6.18 Å². The van der Waals surface area contributed by atoms with Crippen molar-refractivity contribution in [3.8, 4) is 0 Å². The number of carbonyl (C=O) groups excluding carboxylic acids is 1. The number of primary amides is 1. The van der Waals surface area contributed by atoms with Crippen LogP contribution in [0.15, 0.2) is 47.5 Å². The van der Waals surface area contributed by atoms with Gasteiger partial charge in [-0.2, -0.15) is 17.5 Å².